The smallest absolute Gasteiger partial charge is 0.314 e. The van der Waals surface area contributed by atoms with E-state index in [2.05, 4.69) is 10.6 Å². The fraction of sp³-hybridized carbons (Fsp3) is 0.222. The molecule has 4 nitrogen and oxygen atoms in total. The van der Waals surface area contributed by atoms with Crippen LogP contribution in [0.3, 0.4) is 0 Å². The molecule has 2 amide bonds. The summed E-state index contributed by atoms with van der Waals surface area (Å²) in [4.78, 5) is 10.8. The van der Waals surface area contributed by atoms with Crippen LogP contribution in [-0.4, -0.2) is 18.2 Å². The van der Waals surface area contributed by atoms with Gasteiger partial charge >= 0.3 is 6.03 Å². The van der Waals surface area contributed by atoms with Crippen molar-refractivity contribution in [2.45, 2.75) is 6.54 Å². The van der Waals surface area contributed by atoms with Crippen LogP contribution in [0.4, 0.5) is 4.79 Å². The van der Waals surface area contributed by atoms with Gasteiger partial charge in [0, 0.05) is 13.6 Å². The number of phenolic OH excluding ortho intramolecular Hbond substituents is 1. The van der Waals surface area contributed by atoms with Crippen molar-refractivity contribution in [3.8, 4) is 5.75 Å². The monoisotopic (exact) mass is 180 g/mol. The van der Waals surface area contributed by atoms with Crippen molar-refractivity contribution in [3.05, 3.63) is 29.8 Å². The number of hydrogen-bond acceptors (Lipinski definition) is 2. The van der Waals surface area contributed by atoms with Crippen LogP contribution in [-0.2, 0) is 6.54 Å². The Morgan fingerprint density at radius 2 is 2.00 bits per heavy atom. The second-order valence-electron chi connectivity index (χ2n) is 2.60. The van der Waals surface area contributed by atoms with Gasteiger partial charge in [-0.2, -0.15) is 0 Å². The minimum atomic E-state index is -0.215. The zero-order valence-corrected chi connectivity index (χ0v) is 7.37. The van der Waals surface area contributed by atoms with Crippen LogP contribution in [0.15, 0.2) is 24.3 Å². The van der Waals surface area contributed by atoms with Gasteiger partial charge in [-0.3, -0.25) is 0 Å². The number of carbonyl (C=O) groups is 1. The van der Waals surface area contributed by atoms with Crippen LogP contribution < -0.4 is 10.6 Å². The number of benzene rings is 1. The van der Waals surface area contributed by atoms with Crippen molar-refractivity contribution in [1.82, 2.24) is 10.6 Å². The molecular weight excluding hydrogens is 168 g/mol. The first-order chi connectivity index (χ1) is 6.22. The van der Waals surface area contributed by atoms with E-state index in [1.54, 1.807) is 31.3 Å². The zero-order chi connectivity index (χ0) is 9.68. The maximum absolute atomic E-state index is 10.8. The number of rotatable bonds is 2. The number of urea groups is 1. The highest BCUT2D eigenvalue weighted by Gasteiger charge is 1.96. The summed E-state index contributed by atoms with van der Waals surface area (Å²) in [6.07, 6.45) is 0. The molecule has 0 unspecified atom stereocenters. The van der Waals surface area contributed by atoms with Gasteiger partial charge in [-0.25, -0.2) is 4.79 Å². The Morgan fingerprint density at radius 1 is 1.38 bits per heavy atom. The molecule has 3 N–H and O–H groups in total. The van der Waals surface area contributed by atoms with Gasteiger partial charge < -0.3 is 15.7 Å². The summed E-state index contributed by atoms with van der Waals surface area (Å²) in [7, 11) is 1.56. The molecule has 0 aliphatic heterocycles. The lowest BCUT2D eigenvalue weighted by molar-refractivity contribution is 0.242. The van der Waals surface area contributed by atoms with Crippen LogP contribution in [0.2, 0.25) is 0 Å². The lowest BCUT2D eigenvalue weighted by Gasteiger charge is -2.03. The number of nitrogens with one attached hydrogen (secondary N) is 2. The first-order valence-electron chi connectivity index (χ1n) is 3.96. The summed E-state index contributed by atoms with van der Waals surface area (Å²) < 4.78 is 0. The molecule has 0 spiro atoms. The number of amides is 2. The number of hydrogen-bond donors (Lipinski definition) is 3. The zero-order valence-electron chi connectivity index (χ0n) is 7.37. The van der Waals surface area contributed by atoms with Gasteiger partial charge in [0.15, 0.2) is 0 Å². The predicted octanol–water partition coefficient (Wildman–Crippen LogP) is 0.821. The fourth-order valence-electron chi connectivity index (χ4n) is 0.885. The highest BCUT2D eigenvalue weighted by atomic mass is 16.3. The molecule has 0 bridgehead atoms. The molecule has 0 aliphatic rings. The molecule has 0 saturated heterocycles. The standard InChI is InChI=1S/C9H12N2O2/c1-10-9(13)11-6-7-2-4-8(12)5-3-7/h2-5,12H,6H2,1H3,(H2,10,11,13). The third-order valence-corrected chi connectivity index (χ3v) is 1.62. The van der Waals surface area contributed by atoms with E-state index < -0.39 is 0 Å². The molecule has 0 radical (unpaired) electrons. The van der Waals surface area contributed by atoms with Crippen molar-refractivity contribution in [2.75, 3.05) is 7.05 Å². The van der Waals surface area contributed by atoms with Crippen LogP contribution in [0.25, 0.3) is 0 Å². The van der Waals surface area contributed by atoms with Gasteiger partial charge in [-0.1, -0.05) is 12.1 Å². The average Bonchev–Trinajstić information content (AvgIpc) is 2.16. The van der Waals surface area contributed by atoms with E-state index in [0.29, 0.717) is 6.54 Å². The molecule has 0 aromatic heterocycles. The van der Waals surface area contributed by atoms with Crippen molar-refractivity contribution in [3.63, 3.8) is 0 Å². The molecule has 0 saturated carbocycles. The molecule has 0 atom stereocenters. The third-order valence-electron chi connectivity index (χ3n) is 1.62. The summed E-state index contributed by atoms with van der Waals surface area (Å²) in [5.41, 5.74) is 0.946. The minimum Gasteiger partial charge on any atom is -0.508 e. The third kappa shape index (κ3) is 3.02. The highest BCUT2D eigenvalue weighted by molar-refractivity contribution is 5.73. The van der Waals surface area contributed by atoms with Gasteiger partial charge in [-0.15, -0.1) is 0 Å². The fourth-order valence-corrected chi connectivity index (χ4v) is 0.885. The molecule has 4 heteroatoms. The van der Waals surface area contributed by atoms with Gasteiger partial charge in [0.1, 0.15) is 5.75 Å². The molecule has 1 rings (SSSR count). The molecule has 70 valence electrons. The Morgan fingerprint density at radius 3 is 2.54 bits per heavy atom. The molecule has 0 aliphatic carbocycles. The minimum absolute atomic E-state index is 0.215. The van der Waals surface area contributed by atoms with Crippen molar-refractivity contribution >= 4 is 6.03 Å². The molecule has 1 aromatic rings. The van der Waals surface area contributed by atoms with E-state index >= 15 is 0 Å². The van der Waals surface area contributed by atoms with Crippen LogP contribution >= 0.6 is 0 Å². The van der Waals surface area contributed by atoms with Crippen molar-refractivity contribution < 1.29 is 9.90 Å². The van der Waals surface area contributed by atoms with E-state index in [9.17, 15) is 4.79 Å². The Bertz CT molecular complexity index is 282. The van der Waals surface area contributed by atoms with Gasteiger partial charge in [0.2, 0.25) is 0 Å². The molecule has 0 fully saturated rings. The molecule has 0 heterocycles. The number of carbonyl (C=O) groups excluding carboxylic acids is 1. The number of phenols is 1. The van der Waals surface area contributed by atoms with Gasteiger partial charge in [0.05, 0.1) is 0 Å². The topological polar surface area (TPSA) is 61.4 Å². The molecular formula is C9H12N2O2. The first-order valence-corrected chi connectivity index (χ1v) is 3.96. The second kappa shape index (κ2) is 4.35. The highest BCUT2D eigenvalue weighted by Crippen LogP contribution is 2.08. The first kappa shape index (κ1) is 9.38. The Balaban J connectivity index is 2.46. The molecule has 13 heavy (non-hydrogen) atoms. The second-order valence-corrected chi connectivity index (χ2v) is 2.60. The summed E-state index contributed by atoms with van der Waals surface area (Å²) in [6, 6.07) is 6.46. The maximum atomic E-state index is 10.8. The van der Waals surface area contributed by atoms with Crippen molar-refractivity contribution in [1.29, 1.82) is 0 Å². The summed E-state index contributed by atoms with van der Waals surface area (Å²) >= 11 is 0. The van der Waals surface area contributed by atoms with Gasteiger partial charge in [-0.05, 0) is 17.7 Å². The van der Waals surface area contributed by atoms with E-state index in [0.717, 1.165) is 5.56 Å². The summed E-state index contributed by atoms with van der Waals surface area (Å²) in [6.45, 7) is 0.458. The van der Waals surface area contributed by atoms with E-state index in [-0.39, 0.29) is 11.8 Å². The summed E-state index contributed by atoms with van der Waals surface area (Å²) in [5, 5.41) is 14.1. The van der Waals surface area contributed by atoms with E-state index in [4.69, 9.17) is 5.11 Å². The van der Waals surface area contributed by atoms with Crippen LogP contribution in [0, 0.1) is 0 Å². The summed E-state index contributed by atoms with van der Waals surface area (Å²) in [5.74, 6) is 0.226. The predicted molar refractivity (Wildman–Crippen MR) is 49.4 cm³/mol. The van der Waals surface area contributed by atoms with Crippen LogP contribution in [0.1, 0.15) is 5.56 Å². The van der Waals surface area contributed by atoms with E-state index in [1.807, 2.05) is 0 Å². The van der Waals surface area contributed by atoms with Crippen LogP contribution in [0.5, 0.6) is 5.75 Å². The lowest BCUT2D eigenvalue weighted by Crippen LogP contribution is -2.32. The Labute approximate surface area is 76.6 Å². The van der Waals surface area contributed by atoms with E-state index in [1.165, 1.54) is 0 Å². The SMILES string of the molecule is CNC(=O)NCc1ccc(O)cc1. The maximum Gasteiger partial charge on any atom is 0.314 e. The van der Waals surface area contributed by atoms with Gasteiger partial charge in [0.25, 0.3) is 0 Å². The largest absolute Gasteiger partial charge is 0.508 e. The molecule has 1 aromatic carbocycles. The number of aromatic hydroxyl groups is 1. The van der Waals surface area contributed by atoms with Crippen molar-refractivity contribution in [2.24, 2.45) is 0 Å². The normalized spacial score (nSPS) is 9.31. The lowest BCUT2D eigenvalue weighted by atomic mass is 10.2. The average molecular weight is 180 g/mol. The Hall–Kier alpha value is -1.71. The Kier molecular flexibility index (Phi) is 3.14. The quantitative estimate of drug-likeness (QED) is 0.631.